The fraction of sp³-hybridized carbons (Fsp3) is 0.308. The molecule has 0 unspecified atom stereocenters. The van der Waals surface area contributed by atoms with Gasteiger partial charge in [-0.05, 0) is 55.1 Å². The van der Waals surface area contributed by atoms with Crippen molar-refractivity contribution in [2.45, 2.75) is 27.2 Å². The molecule has 1 amide bonds. The van der Waals surface area contributed by atoms with Crippen LogP contribution in [0.15, 0.2) is 12.1 Å². The Bertz CT molecular complexity index is 622. The van der Waals surface area contributed by atoms with Gasteiger partial charge in [0, 0.05) is 5.69 Å². The molecule has 0 saturated carbocycles. The molecule has 1 aromatic carbocycles. The highest BCUT2D eigenvalue weighted by molar-refractivity contribution is 7.08. The van der Waals surface area contributed by atoms with Crippen LogP contribution in [-0.2, 0) is 6.42 Å². The molecule has 0 aliphatic rings. The molecule has 0 saturated heterocycles. The van der Waals surface area contributed by atoms with Gasteiger partial charge >= 0.3 is 0 Å². The predicted molar refractivity (Wildman–Crippen MR) is 74.8 cm³/mol. The number of benzene rings is 1. The standard InChI is InChI=1S/C13H15N3O2S/c1-4-9-12(19-16-15-9)13(18)14-10-5-8(3)11(17)6-7(10)2/h5-6,17H,4H2,1-3H3,(H,14,18). The van der Waals surface area contributed by atoms with E-state index >= 15 is 0 Å². The predicted octanol–water partition coefficient (Wildman–Crippen LogP) is 2.68. The minimum absolute atomic E-state index is 0.208. The van der Waals surface area contributed by atoms with Crippen molar-refractivity contribution in [3.8, 4) is 5.75 Å². The second-order valence-electron chi connectivity index (χ2n) is 4.31. The molecule has 2 N–H and O–H groups in total. The lowest BCUT2D eigenvalue weighted by Crippen LogP contribution is -2.13. The largest absolute Gasteiger partial charge is 0.508 e. The highest BCUT2D eigenvalue weighted by Gasteiger charge is 2.16. The second-order valence-corrected chi connectivity index (χ2v) is 5.06. The van der Waals surface area contributed by atoms with E-state index in [1.165, 1.54) is 0 Å². The molecular weight excluding hydrogens is 262 g/mol. The SMILES string of the molecule is CCc1nnsc1C(=O)Nc1cc(C)c(O)cc1C. The highest BCUT2D eigenvalue weighted by Crippen LogP contribution is 2.25. The van der Waals surface area contributed by atoms with Crippen LogP contribution < -0.4 is 5.32 Å². The van der Waals surface area contributed by atoms with Gasteiger partial charge in [0.1, 0.15) is 10.6 Å². The first kappa shape index (κ1) is 13.5. The van der Waals surface area contributed by atoms with E-state index < -0.39 is 0 Å². The second kappa shape index (κ2) is 5.36. The van der Waals surface area contributed by atoms with Gasteiger partial charge in [-0.1, -0.05) is 11.4 Å². The van der Waals surface area contributed by atoms with Crippen LogP contribution >= 0.6 is 11.5 Å². The number of nitrogens with one attached hydrogen (secondary N) is 1. The Morgan fingerprint density at radius 3 is 2.79 bits per heavy atom. The van der Waals surface area contributed by atoms with Gasteiger partial charge in [-0.3, -0.25) is 4.79 Å². The molecular formula is C13H15N3O2S. The maximum absolute atomic E-state index is 12.2. The third-order valence-electron chi connectivity index (χ3n) is 2.89. The Labute approximate surface area is 115 Å². The fourth-order valence-corrected chi connectivity index (χ4v) is 2.37. The number of aromatic hydroxyl groups is 1. The van der Waals surface area contributed by atoms with Crippen LogP contribution in [0.5, 0.6) is 5.75 Å². The van der Waals surface area contributed by atoms with Crippen LogP contribution in [0.25, 0.3) is 0 Å². The van der Waals surface area contributed by atoms with Crippen LogP contribution in [0, 0.1) is 13.8 Å². The van der Waals surface area contributed by atoms with E-state index in [-0.39, 0.29) is 11.7 Å². The van der Waals surface area contributed by atoms with Crippen LogP contribution in [0.1, 0.15) is 33.4 Å². The molecule has 0 aliphatic heterocycles. The number of phenolic OH excluding ortho intramolecular Hbond substituents is 1. The molecule has 6 heteroatoms. The molecule has 2 rings (SSSR count). The summed E-state index contributed by atoms with van der Waals surface area (Å²) in [7, 11) is 0. The number of anilines is 1. The first-order valence-corrected chi connectivity index (χ1v) is 6.73. The molecule has 0 fully saturated rings. The van der Waals surface area contributed by atoms with Crippen molar-refractivity contribution in [1.29, 1.82) is 0 Å². The topological polar surface area (TPSA) is 75.1 Å². The minimum atomic E-state index is -0.208. The number of carbonyl (C=O) groups excluding carboxylic acids is 1. The van der Waals surface area contributed by atoms with Crippen molar-refractivity contribution >= 4 is 23.1 Å². The van der Waals surface area contributed by atoms with Crippen molar-refractivity contribution < 1.29 is 9.90 Å². The molecule has 1 heterocycles. The number of hydrogen-bond donors (Lipinski definition) is 2. The van der Waals surface area contributed by atoms with Crippen molar-refractivity contribution in [3.63, 3.8) is 0 Å². The van der Waals surface area contributed by atoms with E-state index in [0.717, 1.165) is 22.7 Å². The molecule has 19 heavy (non-hydrogen) atoms. The number of amides is 1. The minimum Gasteiger partial charge on any atom is -0.508 e. The Kier molecular flexibility index (Phi) is 3.80. The highest BCUT2D eigenvalue weighted by atomic mass is 32.1. The van der Waals surface area contributed by atoms with Crippen molar-refractivity contribution in [2.24, 2.45) is 0 Å². The average molecular weight is 277 g/mol. The zero-order valence-electron chi connectivity index (χ0n) is 11.0. The van der Waals surface area contributed by atoms with Gasteiger partial charge in [-0.15, -0.1) is 5.10 Å². The van der Waals surface area contributed by atoms with Crippen LogP contribution in [0.4, 0.5) is 5.69 Å². The zero-order chi connectivity index (χ0) is 14.0. The lowest BCUT2D eigenvalue weighted by molar-refractivity contribution is 0.102. The van der Waals surface area contributed by atoms with Crippen LogP contribution in [0.2, 0.25) is 0 Å². The Morgan fingerprint density at radius 1 is 1.37 bits per heavy atom. The van der Waals surface area contributed by atoms with Gasteiger partial charge in [-0.25, -0.2) is 0 Å². The summed E-state index contributed by atoms with van der Waals surface area (Å²) in [4.78, 5) is 12.7. The average Bonchev–Trinajstić information content (AvgIpc) is 2.84. The Morgan fingerprint density at radius 2 is 2.11 bits per heavy atom. The van der Waals surface area contributed by atoms with Gasteiger partial charge in [0.05, 0.1) is 5.69 Å². The van der Waals surface area contributed by atoms with Crippen molar-refractivity contribution in [1.82, 2.24) is 9.59 Å². The molecule has 2 aromatic rings. The number of nitrogens with zero attached hydrogens (tertiary/aromatic N) is 2. The normalized spacial score (nSPS) is 10.5. The number of rotatable bonds is 3. The van der Waals surface area contributed by atoms with E-state index in [0.29, 0.717) is 22.7 Å². The maximum Gasteiger partial charge on any atom is 0.269 e. The van der Waals surface area contributed by atoms with E-state index in [1.54, 1.807) is 19.1 Å². The van der Waals surface area contributed by atoms with Crippen molar-refractivity contribution in [2.75, 3.05) is 5.32 Å². The molecule has 0 spiro atoms. The van der Waals surface area contributed by atoms with Crippen molar-refractivity contribution in [3.05, 3.63) is 33.8 Å². The van der Waals surface area contributed by atoms with E-state index in [1.807, 2.05) is 13.8 Å². The molecule has 100 valence electrons. The number of aryl methyl sites for hydroxylation is 3. The van der Waals surface area contributed by atoms with Gasteiger partial charge in [0.2, 0.25) is 0 Å². The molecule has 0 atom stereocenters. The number of phenols is 1. The molecule has 5 nitrogen and oxygen atoms in total. The molecule has 0 aliphatic carbocycles. The van der Waals surface area contributed by atoms with Gasteiger partial charge in [0.25, 0.3) is 5.91 Å². The summed E-state index contributed by atoms with van der Waals surface area (Å²) in [6.45, 7) is 5.56. The number of carbonyl (C=O) groups is 1. The third kappa shape index (κ3) is 2.73. The summed E-state index contributed by atoms with van der Waals surface area (Å²) in [6.07, 6.45) is 0.673. The first-order chi connectivity index (χ1) is 9.02. The Hall–Kier alpha value is -1.95. The summed E-state index contributed by atoms with van der Waals surface area (Å²) in [5.41, 5.74) is 2.93. The Balaban J connectivity index is 2.27. The molecule has 0 radical (unpaired) electrons. The van der Waals surface area contributed by atoms with Gasteiger partial charge in [0.15, 0.2) is 0 Å². The summed E-state index contributed by atoms with van der Waals surface area (Å²) >= 11 is 1.09. The fourth-order valence-electron chi connectivity index (χ4n) is 1.73. The summed E-state index contributed by atoms with van der Waals surface area (Å²) in [5, 5.41) is 16.3. The third-order valence-corrected chi connectivity index (χ3v) is 3.65. The molecule has 1 aromatic heterocycles. The smallest absolute Gasteiger partial charge is 0.269 e. The van der Waals surface area contributed by atoms with E-state index in [2.05, 4.69) is 14.9 Å². The van der Waals surface area contributed by atoms with Gasteiger partial charge < -0.3 is 10.4 Å². The number of hydrogen-bond acceptors (Lipinski definition) is 5. The maximum atomic E-state index is 12.2. The first-order valence-electron chi connectivity index (χ1n) is 5.95. The quantitative estimate of drug-likeness (QED) is 0.846. The summed E-state index contributed by atoms with van der Waals surface area (Å²) in [5.74, 6) is 0.0178. The summed E-state index contributed by atoms with van der Waals surface area (Å²) < 4.78 is 3.80. The summed E-state index contributed by atoms with van der Waals surface area (Å²) in [6, 6.07) is 3.39. The molecule has 0 bridgehead atoms. The van der Waals surface area contributed by atoms with Crippen LogP contribution in [-0.4, -0.2) is 20.6 Å². The van der Waals surface area contributed by atoms with Crippen LogP contribution in [0.3, 0.4) is 0 Å². The van der Waals surface area contributed by atoms with E-state index in [9.17, 15) is 9.90 Å². The zero-order valence-corrected chi connectivity index (χ0v) is 11.8. The lowest BCUT2D eigenvalue weighted by Gasteiger charge is -2.10. The lowest BCUT2D eigenvalue weighted by atomic mass is 10.1. The monoisotopic (exact) mass is 277 g/mol. The van der Waals surface area contributed by atoms with Gasteiger partial charge in [-0.2, -0.15) is 0 Å². The van der Waals surface area contributed by atoms with E-state index in [4.69, 9.17) is 0 Å². The number of aromatic nitrogens is 2.